The zero-order valence-electron chi connectivity index (χ0n) is 11.1. The number of carboxylic acids is 1. The van der Waals surface area contributed by atoms with Crippen LogP contribution in [0.25, 0.3) is 0 Å². The molecule has 0 unspecified atom stereocenters. The molecule has 2 aromatic rings. The van der Waals surface area contributed by atoms with Crippen molar-refractivity contribution in [3.05, 3.63) is 66.0 Å². The van der Waals surface area contributed by atoms with Gasteiger partial charge in [-0.2, -0.15) is 0 Å². The molecule has 0 aliphatic heterocycles. The maximum Gasteiger partial charge on any atom is 0.329 e. The van der Waals surface area contributed by atoms with E-state index in [1.54, 1.807) is 19.1 Å². The lowest BCUT2D eigenvalue weighted by atomic mass is 9.92. The standard InChI is InChI=1S/C16H16FNO2/c1-16(15(19)20,18-14-5-3-2-4-6-14)11-12-7-9-13(17)10-8-12/h2-10,18H,11H2,1H3,(H,19,20)/t16-/m0/s1. The fraction of sp³-hybridized carbons (Fsp3) is 0.188. The Bertz CT molecular complexity index is 583. The maximum atomic E-state index is 12.9. The van der Waals surface area contributed by atoms with Gasteiger partial charge in [-0.15, -0.1) is 0 Å². The van der Waals surface area contributed by atoms with Gasteiger partial charge in [0.25, 0.3) is 0 Å². The largest absolute Gasteiger partial charge is 0.480 e. The van der Waals surface area contributed by atoms with Crippen LogP contribution in [0, 0.1) is 5.82 Å². The van der Waals surface area contributed by atoms with Gasteiger partial charge in [-0.1, -0.05) is 30.3 Å². The molecule has 2 N–H and O–H groups in total. The van der Waals surface area contributed by atoms with Crippen molar-refractivity contribution in [2.24, 2.45) is 0 Å². The lowest BCUT2D eigenvalue weighted by Gasteiger charge is -2.27. The quantitative estimate of drug-likeness (QED) is 0.878. The topological polar surface area (TPSA) is 49.3 Å². The summed E-state index contributed by atoms with van der Waals surface area (Å²) < 4.78 is 12.9. The Hall–Kier alpha value is -2.36. The van der Waals surface area contributed by atoms with Gasteiger partial charge >= 0.3 is 5.97 Å². The fourth-order valence-corrected chi connectivity index (χ4v) is 2.02. The van der Waals surface area contributed by atoms with E-state index in [1.807, 2.05) is 30.3 Å². The van der Waals surface area contributed by atoms with E-state index in [1.165, 1.54) is 12.1 Å². The lowest BCUT2D eigenvalue weighted by molar-refractivity contribution is -0.141. The molecule has 0 saturated heterocycles. The molecule has 0 aromatic heterocycles. The summed E-state index contributed by atoms with van der Waals surface area (Å²) in [5, 5.41) is 12.5. The molecular weight excluding hydrogens is 257 g/mol. The highest BCUT2D eigenvalue weighted by atomic mass is 19.1. The lowest BCUT2D eigenvalue weighted by Crippen LogP contribution is -2.45. The van der Waals surface area contributed by atoms with Crippen LogP contribution in [0.4, 0.5) is 10.1 Å². The molecule has 0 amide bonds. The molecule has 0 aliphatic rings. The van der Waals surface area contributed by atoms with Crippen molar-refractivity contribution in [1.82, 2.24) is 0 Å². The third-order valence-electron chi connectivity index (χ3n) is 3.14. The van der Waals surface area contributed by atoms with Crippen LogP contribution in [0.2, 0.25) is 0 Å². The number of carbonyl (C=O) groups is 1. The second-order valence-electron chi connectivity index (χ2n) is 4.93. The minimum Gasteiger partial charge on any atom is -0.480 e. The summed E-state index contributed by atoms with van der Waals surface area (Å²) >= 11 is 0. The van der Waals surface area contributed by atoms with Crippen LogP contribution in [-0.2, 0) is 11.2 Å². The number of hydrogen-bond acceptors (Lipinski definition) is 2. The van der Waals surface area contributed by atoms with Gasteiger partial charge in [0, 0.05) is 12.1 Å². The molecule has 0 spiro atoms. The number of para-hydroxylation sites is 1. The number of aliphatic carboxylic acids is 1. The van der Waals surface area contributed by atoms with E-state index in [0.29, 0.717) is 0 Å². The van der Waals surface area contributed by atoms with Crippen LogP contribution in [-0.4, -0.2) is 16.6 Å². The highest BCUT2D eigenvalue weighted by molar-refractivity contribution is 5.82. The number of halogens is 1. The summed E-state index contributed by atoms with van der Waals surface area (Å²) in [7, 11) is 0. The van der Waals surface area contributed by atoms with E-state index in [-0.39, 0.29) is 12.2 Å². The molecule has 104 valence electrons. The molecule has 0 radical (unpaired) electrons. The smallest absolute Gasteiger partial charge is 0.329 e. The molecule has 0 aliphatic carbocycles. The third-order valence-corrected chi connectivity index (χ3v) is 3.14. The van der Waals surface area contributed by atoms with E-state index in [9.17, 15) is 14.3 Å². The minimum atomic E-state index is -1.15. The van der Waals surface area contributed by atoms with Gasteiger partial charge in [0.2, 0.25) is 0 Å². The number of nitrogens with one attached hydrogen (secondary N) is 1. The van der Waals surface area contributed by atoms with Crippen molar-refractivity contribution in [2.75, 3.05) is 5.32 Å². The molecule has 4 heteroatoms. The molecule has 0 fully saturated rings. The average Bonchev–Trinajstić information content (AvgIpc) is 2.42. The van der Waals surface area contributed by atoms with Crippen LogP contribution in [0.5, 0.6) is 0 Å². The predicted octanol–water partition coefficient (Wildman–Crippen LogP) is 3.32. The van der Waals surface area contributed by atoms with Crippen molar-refractivity contribution in [2.45, 2.75) is 18.9 Å². The van der Waals surface area contributed by atoms with Crippen molar-refractivity contribution in [3.8, 4) is 0 Å². The summed E-state index contributed by atoms with van der Waals surface area (Å²) in [6, 6.07) is 15.0. The monoisotopic (exact) mass is 273 g/mol. The van der Waals surface area contributed by atoms with Crippen molar-refractivity contribution in [1.29, 1.82) is 0 Å². The van der Waals surface area contributed by atoms with Gasteiger partial charge in [-0.25, -0.2) is 9.18 Å². The summed E-state index contributed by atoms with van der Waals surface area (Å²) in [4.78, 5) is 11.6. The zero-order valence-corrected chi connectivity index (χ0v) is 11.1. The second-order valence-corrected chi connectivity index (χ2v) is 4.93. The van der Waals surface area contributed by atoms with E-state index in [4.69, 9.17) is 0 Å². The maximum absolute atomic E-state index is 12.9. The average molecular weight is 273 g/mol. The van der Waals surface area contributed by atoms with Crippen molar-refractivity contribution in [3.63, 3.8) is 0 Å². The first-order valence-electron chi connectivity index (χ1n) is 6.31. The fourth-order valence-electron chi connectivity index (χ4n) is 2.02. The Kier molecular flexibility index (Phi) is 4.03. The SMILES string of the molecule is C[C@@](Cc1ccc(F)cc1)(Nc1ccccc1)C(=O)O. The molecule has 2 rings (SSSR count). The van der Waals surface area contributed by atoms with Gasteiger partial charge in [-0.3, -0.25) is 0 Å². The molecule has 0 heterocycles. The van der Waals surface area contributed by atoms with Crippen LogP contribution < -0.4 is 5.32 Å². The van der Waals surface area contributed by atoms with E-state index < -0.39 is 11.5 Å². The summed E-state index contributed by atoms with van der Waals surface area (Å²) in [5.41, 5.74) is 0.346. The minimum absolute atomic E-state index is 0.261. The summed E-state index contributed by atoms with van der Waals surface area (Å²) in [5.74, 6) is -1.28. The first-order valence-corrected chi connectivity index (χ1v) is 6.31. The molecule has 0 saturated carbocycles. The van der Waals surface area contributed by atoms with E-state index >= 15 is 0 Å². The molecule has 0 bridgehead atoms. The van der Waals surface area contributed by atoms with Crippen molar-refractivity contribution < 1.29 is 14.3 Å². The summed E-state index contributed by atoms with van der Waals surface area (Å²) in [6.07, 6.45) is 0.261. The van der Waals surface area contributed by atoms with Crippen molar-refractivity contribution >= 4 is 11.7 Å². The Labute approximate surface area is 117 Å². The number of anilines is 1. The zero-order chi connectivity index (χ0) is 14.6. The first kappa shape index (κ1) is 14.1. The molecular formula is C16H16FNO2. The van der Waals surface area contributed by atoms with Crippen LogP contribution in [0.15, 0.2) is 54.6 Å². The first-order chi connectivity index (χ1) is 9.49. The Morgan fingerprint density at radius 1 is 1.15 bits per heavy atom. The number of benzene rings is 2. The van der Waals surface area contributed by atoms with Gasteiger partial charge in [0.1, 0.15) is 11.4 Å². The second kappa shape index (κ2) is 5.74. The van der Waals surface area contributed by atoms with Crippen LogP contribution in [0.3, 0.4) is 0 Å². The van der Waals surface area contributed by atoms with E-state index in [2.05, 4.69) is 5.32 Å². The molecule has 1 atom stereocenters. The molecule has 3 nitrogen and oxygen atoms in total. The highest BCUT2D eigenvalue weighted by Crippen LogP contribution is 2.20. The normalized spacial score (nSPS) is 13.5. The molecule has 2 aromatic carbocycles. The van der Waals surface area contributed by atoms with Crippen LogP contribution >= 0.6 is 0 Å². The Morgan fingerprint density at radius 2 is 1.75 bits per heavy atom. The summed E-state index contributed by atoms with van der Waals surface area (Å²) in [6.45, 7) is 1.62. The number of carboxylic acid groups (broad SMARTS) is 1. The van der Waals surface area contributed by atoms with E-state index in [0.717, 1.165) is 11.3 Å². The van der Waals surface area contributed by atoms with Gasteiger partial charge < -0.3 is 10.4 Å². The Morgan fingerprint density at radius 3 is 2.30 bits per heavy atom. The predicted molar refractivity (Wildman–Crippen MR) is 76.2 cm³/mol. The van der Waals surface area contributed by atoms with Gasteiger partial charge in [-0.05, 0) is 36.8 Å². The highest BCUT2D eigenvalue weighted by Gasteiger charge is 2.33. The third kappa shape index (κ3) is 3.35. The molecule has 20 heavy (non-hydrogen) atoms. The van der Waals surface area contributed by atoms with Crippen LogP contribution in [0.1, 0.15) is 12.5 Å². The Balaban J connectivity index is 2.21. The van der Waals surface area contributed by atoms with Gasteiger partial charge in [0.05, 0.1) is 0 Å². The number of hydrogen-bond donors (Lipinski definition) is 2. The van der Waals surface area contributed by atoms with Gasteiger partial charge in [0.15, 0.2) is 0 Å². The number of rotatable bonds is 5.